The predicted octanol–water partition coefficient (Wildman–Crippen LogP) is 4.08. The molecule has 0 bridgehead atoms. The third-order valence-corrected chi connectivity index (χ3v) is 6.36. The van der Waals surface area contributed by atoms with Crippen molar-refractivity contribution in [3.05, 3.63) is 53.6 Å². The van der Waals surface area contributed by atoms with E-state index in [2.05, 4.69) is 4.72 Å². The minimum absolute atomic E-state index is 0.0514. The number of nitrogens with zero attached hydrogens (tertiary/aromatic N) is 1. The summed E-state index contributed by atoms with van der Waals surface area (Å²) in [6.45, 7) is 10.2. The van der Waals surface area contributed by atoms with Crippen molar-refractivity contribution in [1.82, 2.24) is 0 Å². The van der Waals surface area contributed by atoms with Crippen LogP contribution < -0.4 is 9.62 Å². The molecule has 0 saturated heterocycles. The number of carbonyl (C=O) groups is 1. The van der Waals surface area contributed by atoms with E-state index in [0.717, 1.165) is 16.8 Å². The van der Waals surface area contributed by atoms with Crippen LogP contribution in [0.5, 0.6) is 0 Å². The van der Waals surface area contributed by atoms with E-state index in [4.69, 9.17) is 0 Å². The summed E-state index contributed by atoms with van der Waals surface area (Å²) >= 11 is 0. The Labute approximate surface area is 161 Å². The number of para-hydroxylation sites is 1. The number of benzene rings is 2. The molecule has 0 unspecified atom stereocenters. The molecule has 1 aliphatic rings. The first-order chi connectivity index (χ1) is 12.5. The number of anilines is 2. The quantitative estimate of drug-likeness (QED) is 0.861. The van der Waals surface area contributed by atoms with Gasteiger partial charge in [0.05, 0.1) is 10.6 Å². The van der Waals surface area contributed by atoms with E-state index in [1.54, 1.807) is 35.2 Å². The Hall–Kier alpha value is -2.34. The molecular weight excluding hydrogens is 360 g/mol. The molecule has 1 amide bonds. The van der Waals surface area contributed by atoms with Crippen molar-refractivity contribution in [3.8, 4) is 0 Å². The SMILES string of the molecule is Cc1ccccc1NS(=O)(=O)c1ccc2c(c1)C(C)(C)CN2C(=O)C(C)C. The fraction of sp³-hybridized carbons (Fsp3) is 0.381. The standard InChI is InChI=1S/C21H26N2O3S/c1-14(2)20(24)23-13-21(4,5)17-12-16(10-11-19(17)23)27(25,26)22-18-9-7-6-8-15(18)3/h6-12,14,22H,13H2,1-5H3. The van der Waals surface area contributed by atoms with Crippen molar-refractivity contribution < 1.29 is 13.2 Å². The zero-order valence-electron chi connectivity index (χ0n) is 16.4. The van der Waals surface area contributed by atoms with E-state index in [9.17, 15) is 13.2 Å². The van der Waals surface area contributed by atoms with Gasteiger partial charge in [-0.25, -0.2) is 8.42 Å². The second-order valence-electron chi connectivity index (χ2n) is 8.06. The Kier molecular flexibility index (Phi) is 4.80. The highest BCUT2D eigenvalue weighted by Crippen LogP contribution is 2.42. The maximum atomic E-state index is 12.9. The third kappa shape index (κ3) is 3.58. The molecule has 0 saturated carbocycles. The molecule has 27 heavy (non-hydrogen) atoms. The number of hydrogen-bond acceptors (Lipinski definition) is 3. The second-order valence-corrected chi connectivity index (χ2v) is 9.74. The van der Waals surface area contributed by atoms with Gasteiger partial charge >= 0.3 is 0 Å². The topological polar surface area (TPSA) is 66.5 Å². The van der Waals surface area contributed by atoms with Gasteiger partial charge in [-0.3, -0.25) is 9.52 Å². The van der Waals surface area contributed by atoms with E-state index in [1.807, 2.05) is 46.8 Å². The first kappa shape index (κ1) is 19.4. The van der Waals surface area contributed by atoms with Gasteiger partial charge in [-0.05, 0) is 42.3 Å². The lowest BCUT2D eigenvalue weighted by molar-refractivity contribution is -0.121. The first-order valence-corrected chi connectivity index (χ1v) is 10.6. The number of hydrogen-bond donors (Lipinski definition) is 1. The maximum Gasteiger partial charge on any atom is 0.261 e. The minimum atomic E-state index is -3.72. The molecule has 2 aromatic rings. The van der Waals surface area contributed by atoms with Gasteiger partial charge in [-0.15, -0.1) is 0 Å². The van der Waals surface area contributed by atoms with Crippen molar-refractivity contribution in [2.45, 2.75) is 44.9 Å². The fourth-order valence-electron chi connectivity index (χ4n) is 3.42. The number of carbonyl (C=O) groups excluding carboxylic acids is 1. The molecule has 1 N–H and O–H groups in total. The first-order valence-electron chi connectivity index (χ1n) is 9.07. The summed E-state index contributed by atoms with van der Waals surface area (Å²) in [5.74, 6) is -0.0617. The van der Waals surface area contributed by atoms with Crippen LogP contribution in [0.1, 0.15) is 38.8 Å². The monoisotopic (exact) mass is 386 g/mol. The lowest BCUT2D eigenvalue weighted by Crippen LogP contribution is -2.36. The van der Waals surface area contributed by atoms with Crippen LogP contribution in [0.2, 0.25) is 0 Å². The summed E-state index contributed by atoms with van der Waals surface area (Å²) < 4.78 is 28.5. The van der Waals surface area contributed by atoms with Gasteiger partial charge < -0.3 is 4.90 Å². The van der Waals surface area contributed by atoms with E-state index in [1.165, 1.54) is 0 Å². The van der Waals surface area contributed by atoms with Crippen molar-refractivity contribution in [2.75, 3.05) is 16.2 Å². The molecule has 1 aliphatic heterocycles. The Bertz CT molecular complexity index is 994. The van der Waals surface area contributed by atoms with E-state index in [-0.39, 0.29) is 22.1 Å². The Morgan fingerprint density at radius 1 is 1.15 bits per heavy atom. The van der Waals surface area contributed by atoms with Crippen LogP contribution in [0.4, 0.5) is 11.4 Å². The summed E-state index contributed by atoms with van der Waals surface area (Å²) in [7, 11) is -3.72. The zero-order valence-corrected chi connectivity index (χ0v) is 17.2. The van der Waals surface area contributed by atoms with Gasteiger partial charge in [-0.2, -0.15) is 0 Å². The molecule has 0 atom stereocenters. The van der Waals surface area contributed by atoms with Crippen LogP contribution in [0.3, 0.4) is 0 Å². The number of fused-ring (bicyclic) bond motifs is 1. The number of sulfonamides is 1. The molecule has 0 spiro atoms. The van der Waals surface area contributed by atoms with Crippen molar-refractivity contribution in [2.24, 2.45) is 5.92 Å². The molecule has 144 valence electrons. The second kappa shape index (κ2) is 6.68. The summed E-state index contributed by atoms with van der Waals surface area (Å²) in [6, 6.07) is 12.3. The highest BCUT2D eigenvalue weighted by molar-refractivity contribution is 7.92. The van der Waals surface area contributed by atoms with Gasteiger partial charge in [0.25, 0.3) is 10.0 Å². The van der Waals surface area contributed by atoms with E-state index in [0.29, 0.717) is 12.2 Å². The lowest BCUT2D eigenvalue weighted by Gasteiger charge is -2.22. The maximum absolute atomic E-state index is 12.9. The molecule has 6 heteroatoms. The third-order valence-electron chi connectivity index (χ3n) is 5.00. The summed E-state index contributed by atoms with van der Waals surface area (Å²) in [6.07, 6.45) is 0. The molecule has 2 aromatic carbocycles. The molecular formula is C21H26N2O3S. The molecule has 0 fully saturated rings. The Balaban J connectivity index is 2.01. The molecule has 5 nitrogen and oxygen atoms in total. The summed E-state index contributed by atoms with van der Waals surface area (Å²) in [5, 5.41) is 0. The highest BCUT2D eigenvalue weighted by Gasteiger charge is 2.39. The van der Waals surface area contributed by atoms with Crippen molar-refractivity contribution >= 4 is 27.3 Å². The molecule has 1 heterocycles. The summed E-state index contributed by atoms with van der Waals surface area (Å²) in [5.41, 5.74) is 2.79. The number of aryl methyl sites for hydroxylation is 1. The lowest BCUT2D eigenvalue weighted by atomic mass is 9.87. The van der Waals surface area contributed by atoms with Gasteiger partial charge in [-0.1, -0.05) is 45.9 Å². The fourth-order valence-corrected chi connectivity index (χ4v) is 4.58. The van der Waals surface area contributed by atoms with Crippen LogP contribution in [0.15, 0.2) is 47.4 Å². The zero-order chi connectivity index (χ0) is 20.0. The average Bonchev–Trinajstić information content (AvgIpc) is 2.87. The molecule has 3 rings (SSSR count). The number of rotatable bonds is 4. The van der Waals surface area contributed by atoms with Crippen molar-refractivity contribution in [1.29, 1.82) is 0 Å². The number of amides is 1. The van der Waals surface area contributed by atoms with Crippen LogP contribution in [-0.2, 0) is 20.2 Å². The average molecular weight is 387 g/mol. The Morgan fingerprint density at radius 3 is 2.44 bits per heavy atom. The highest BCUT2D eigenvalue weighted by atomic mass is 32.2. The van der Waals surface area contributed by atoms with E-state index < -0.39 is 10.0 Å². The Morgan fingerprint density at radius 2 is 1.81 bits per heavy atom. The van der Waals surface area contributed by atoms with Crippen LogP contribution in [0.25, 0.3) is 0 Å². The largest absolute Gasteiger partial charge is 0.311 e. The summed E-state index contributed by atoms with van der Waals surface area (Å²) in [4.78, 5) is 14.5. The van der Waals surface area contributed by atoms with Crippen LogP contribution in [-0.4, -0.2) is 20.9 Å². The normalized spacial score (nSPS) is 15.7. The molecule has 0 aromatic heterocycles. The van der Waals surface area contributed by atoms with Crippen molar-refractivity contribution in [3.63, 3.8) is 0 Å². The predicted molar refractivity (Wildman–Crippen MR) is 109 cm³/mol. The van der Waals surface area contributed by atoms with Crippen LogP contribution in [0, 0.1) is 12.8 Å². The van der Waals surface area contributed by atoms with Gasteiger partial charge in [0.1, 0.15) is 0 Å². The van der Waals surface area contributed by atoms with E-state index >= 15 is 0 Å². The van der Waals surface area contributed by atoms with Gasteiger partial charge in [0, 0.05) is 23.6 Å². The smallest absolute Gasteiger partial charge is 0.261 e. The molecule has 0 aliphatic carbocycles. The van der Waals surface area contributed by atoms with Gasteiger partial charge in [0.15, 0.2) is 0 Å². The van der Waals surface area contributed by atoms with Gasteiger partial charge in [0.2, 0.25) is 5.91 Å². The molecule has 0 radical (unpaired) electrons. The number of nitrogens with one attached hydrogen (secondary N) is 1. The minimum Gasteiger partial charge on any atom is -0.311 e. The van der Waals surface area contributed by atoms with Crippen LogP contribution >= 0.6 is 0 Å².